The lowest BCUT2D eigenvalue weighted by atomic mass is 10.1. The number of rotatable bonds is 5. The molecule has 0 unspecified atom stereocenters. The summed E-state index contributed by atoms with van der Waals surface area (Å²) in [5.41, 5.74) is 6.03. The quantitative estimate of drug-likeness (QED) is 0.577. The van der Waals surface area contributed by atoms with E-state index in [9.17, 15) is 4.79 Å². The smallest absolute Gasteiger partial charge is 0.243 e. The van der Waals surface area contributed by atoms with Crippen molar-refractivity contribution >= 4 is 12.1 Å². The van der Waals surface area contributed by atoms with Crippen LogP contribution in [0.25, 0.3) is 16.9 Å². The first-order valence-electron chi connectivity index (χ1n) is 8.19. The van der Waals surface area contributed by atoms with E-state index in [1.165, 1.54) is 0 Å². The van der Waals surface area contributed by atoms with E-state index in [0.29, 0.717) is 0 Å². The van der Waals surface area contributed by atoms with Crippen molar-refractivity contribution in [2.75, 3.05) is 0 Å². The number of hydrogen-bond acceptors (Lipinski definition) is 4. The fourth-order valence-electron chi connectivity index (χ4n) is 2.52. The van der Waals surface area contributed by atoms with Gasteiger partial charge in [0.25, 0.3) is 0 Å². The molecule has 6 heteroatoms. The summed E-state index contributed by atoms with van der Waals surface area (Å²) in [6.45, 7) is 0. The van der Waals surface area contributed by atoms with Crippen molar-refractivity contribution in [2.45, 2.75) is 12.8 Å². The Kier molecular flexibility index (Phi) is 4.08. The van der Waals surface area contributed by atoms with E-state index in [-0.39, 0.29) is 11.8 Å². The van der Waals surface area contributed by atoms with Crippen molar-refractivity contribution in [2.24, 2.45) is 11.0 Å². The van der Waals surface area contributed by atoms with E-state index in [2.05, 4.69) is 20.6 Å². The lowest BCUT2D eigenvalue weighted by Crippen LogP contribution is -2.18. The van der Waals surface area contributed by atoms with E-state index in [4.69, 9.17) is 0 Å². The second kappa shape index (κ2) is 6.68. The number of hydrazone groups is 1. The highest BCUT2D eigenvalue weighted by molar-refractivity contribution is 5.90. The fourth-order valence-corrected chi connectivity index (χ4v) is 2.52. The summed E-state index contributed by atoms with van der Waals surface area (Å²) in [4.78, 5) is 15.9. The fraction of sp³-hybridized carbons (Fsp3) is 0.158. The number of amides is 1. The normalized spacial score (nSPS) is 13.9. The van der Waals surface area contributed by atoms with Gasteiger partial charge in [-0.25, -0.2) is 10.1 Å². The third-order valence-corrected chi connectivity index (χ3v) is 4.02. The van der Waals surface area contributed by atoms with Gasteiger partial charge in [0.1, 0.15) is 5.69 Å². The maximum Gasteiger partial charge on any atom is 0.243 e. The van der Waals surface area contributed by atoms with Gasteiger partial charge >= 0.3 is 0 Å². The van der Waals surface area contributed by atoms with Gasteiger partial charge in [-0.3, -0.25) is 9.78 Å². The van der Waals surface area contributed by atoms with Crippen LogP contribution < -0.4 is 5.43 Å². The van der Waals surface area contributed by atoms with Gasteiger partial charge in [0, 0.05) is 35.6 Å². The van der Waals surface area contributed by atoms with Gasteiger partial charge in [0.05, 0.1) is 11.9 Å². The minimum Gasteiger partial charge on any atom is -0.273 e. The molecule has 2 aromatic heterocycles. The lowest BCUT2D eigenvalue weighted by molar-refractivity contribution is -0.122. The first-order valence-corrected chi connectivity index (χ1v) is 8.19. The SMILES string of the molecule is O=C(N/N=C\c1cn(-c2ccccc2)nc1-c1cccnc1)C1CC1. The van der Waals surface area contributed by atoms with Gasteiger partial charge in [-0.15, -0.1) is 0 Å². The van der Waals surface area contributed by atoms with Gasteiger partial charge in [-0.2, -0.15) is 10.2 Å². The van der Waals surface area contributed by atoms with E-state index in [1.807, 2.05) is 48.7 Å². The molecule has 1 N–H and O–H groups in total. The average molecular weight is 331 g/mol. The summed E-state index contributed by atoms with van der Waals surface area (Å²) < 4.78 is 1.80. The molecule has 1 amide bonds. The standard InChI is InChI=1S/C19H17N5O/c25-19(14-8-9-14)22-21-12-16-13-24(17-6-2-1-3-7-17)23-18(16)15-5-4-10-20-11-15/h1-7,10-14H,8-9H2,(H,22,25)/b21-12-. The van der Waals surface area contributed by atoms with Crippen molar-refractivity contribution in [3.8, 4) is 16.9 Å². The van der Waals surface area contributed by atoms with Gasteiger partial charge in [0.15, 0.2) is 0 Å². The molecule has 0 saturated heterocycles. The minimum atomic E-state index is -0.0189. The molecule has 0 spiro atoms. The Morgan fingerprint density at radius 3 is 2.76 bits per heavy atom. The number of pyridine rings is 1. The molecule has 1 aliphatic rings. The molecule has 6 nitrogen and oxygen atoms in total. The predicted molar refractivity (Wildman–Crippen MR) is 95.3 cm³/mol. The van der Waals surface area contributed by atoms with Gasteiger partial charge < -0.3 is 0 Å². The van der Waals surface area contributed by atoms with Crippen LogP contribution in [-0.4, -0.2) is 26.9 Å². The maximum absolute atomic E-state index is 11.7. The number of aromatic nitrogens is 3. The molecule has 1 aliphatic carbocycles. The molecular formula is C19H17N5O. The van der Waals surface area contributed by atoms with Crippen LogP contribution in [-0.2, 0) is 4.79 Å². The number of nitrogens with one attached hydrogen (secondary N) is 1. The first kappa shape index (κ1) is 15.3. The zero-order valence-corrected chi connectivity index (χ0v) is 13.5. The van der Waals surface area contributed by atoms with Crippen molar-refractivity contribution in [1.29, 1.82) is 0 Å². The van der Waals surface area contributed by atoms with Crippen molar-refractivity contribution < 1.29 is 4.79 Å². The Balaban J connectivity index is 1.66. The van der Waals surface area contributed by atoms with Crippen LogP contribution >= 0.6 is 0 Å². The Hall–Kier alpha value is -3.28. The topological polar surface area (TPSA) is 72.2 Å². The molecule has 25 heavy (non-hydrogen) atoms. The zero-order chi connectivity index (χ0) is 17.1. The highest BCUT2D eigenvalue weighted by atomic mass is 16.2. The number of carbonyl (C=O) groups excluding carboxylic acids is 1. The third kappa shape index (κ3) is 3.47. The number of nitrogens with zero attached hydrogens (tertiary/aromatic N) is 4. The van der Waals surface area contributed by atoms with Crippen LogP contribution in [0.3, 0.4) is 0 Å². The van der Waals surface area contributed by atoms with Crippen molar-refractivity contribution in [3.05, 3.63) is 66.6 Å². The predicted octanol–water partition coefficient (Wildman–Crippen LogP) is 2.79. The Morgan fingerprint density at radius 2 is 2.04 bits per heavy atom. The second-order valence-electron chi connectivity index (χ2n) is 5.96. The van der Waals surface area contributed by atoms with E-state index in [1.54, 1.807) is 23.3 Å². The molecule has 1 fully saturated rings. The Bertz CT molecular complexity index is 898. The summed E-state index contributed by atoms with van der Waals surface area (Å²) in [6, 6.07) is 13.7. The van der Waals surface area contributed by atoms with Crippen LogP contribution in [0.2, 0.25) is 0 Å². The van der Waals surface area contributed by atoms with Crippen molar-refractivity contribution in [1.82, 2.24) is 20.2 Å². The van der Waals surface area contributed by atoms with Crippen LogP contribution in [0, 0.1) is 5.92 Å². The molecule has 1 saturated carbocycles. The summed E-state index contributed by atoms with van der Waals surface area (Å²) >= 11 is 0. The zero-order valence-electron chi connectivity index (χ0n) is 13.5. The molecule has 3 aromatic rings. The summed E-state index contributed by atoms with van der Waals surface area (Å²) in [7, 11) is 0. The molecule has 124 valence electrons. The van der Waals surface area contributed by atoms with E-state index < -0.39 is 0 Å². The minimum absolute atomic E-state index is 0.0189. The molecule has 4 rings (SSSR count). The summed E-state index contributed by atoms with van der Waals surface area (Å²) in [6.07, 6.45) is 8.92. The highest BCUT2D eigenvalue weighted by Gasteiger charge is 2.29. The monoisotopic (exact) mass is 331 g/mol. The second-order valence-corrected chi connectivity index (χ2v) is 5.96. The average Bonchev–Trinajstić information content (AvgIpc) is 3.43. The molecule has 0 aliphatic heterocycles. The maximum atomic E-state index is 11.7. The number of carbonyl (C=O) groups is 1. The first-order chi connectivity index (χ1) is 12.3. The summed E-state index contributed by atoms with van der Waals surface area (Å²) in [5.74, 6) is 0.108. The van der Waals surface area contributed by atoms with E-state index in [0.717, 1.165) is 35.3 Å². The number of benzene rings is 1. The molecule has 2 heterocycles. The van der Waals surface area contributed by atoms with Crippen LogP contribution in [0.1, 0.15) is 18.4 Å². The van der Waals surface area contributed by atoms with Gasteiger partial charge in [0.2, 0.25) is 5.91 Å². The highest BCUT2D eigenvalue weighted by Crippen LogP contribution is 2.28. The molecule has 0 atom stereocenters. The molecule has 0 radical (unpaired) electrons. The molecule has 0 bridgehead atoms. The molecular weight excluding hydrogens is 314 g/mol. The molecule has 1 aromatic carbocycles. The van der Waals surface area contributed by atoms with Gasteiger partial charge in [-0.1, -0.05) is 18.2 Å². The van der Waals surface area contributed by atoms with Crippen LogP contribution in [0.15, 0.2) is 66.2 Å². The lowest BCUT2D eigenvalue weighted by Gasteiger charge is -1.99. The summed E-state index contributed by atoms with van der Waals surface area (Å²) in [5, 5.41) is 8.77. The van der Waals surface area contributed by atoms with Crippen LogP contribution in [0.4, 0.5) is 0 Å². The van der Waals surface area contributed by atoms with E-state index >= 15 is 0 Å². The Morgan fingerprint density at radius 1 is 1.20 bits per heavy atom. The Labute approximate surface area is 145 Å². The number of hydrogen-bond donors (Lipinski definition) is 1. The third-order valence-electron chi connectivity index (χ3n) is 4.02. The van der Waals surface area contributed by atoms with Crippen LogP contribution in [0.5, 0.6) is 0 Å². The van der Waals surface area contributed by atoms with Gasteiger partial charge in [-0.05, 0) is 37.1 Å². The largest absolute Gasteiger partial charge is 0.273 e. The van der Waals surface area contributed by atoms with Crippen molar-refractivity contribution in [3.63, 3.8) is 0 Å². The number of para-hydroxylation sites is 1.